The molecule has 0 heterocycles. The number of aliphatic hydroxyl groups excluding tert-OH is 1. The highest BCUT2D eigenvalue weighted by molar-refractivity contribution is 5.91. The highest BCUT2D eigenvalue weighted by atomic mass is 16.3. The largest absolute Gasteiger partial charge is 0.385 e. The normalized spacial score (nSPS) is 51.8. The van der Waals surface area contributed by atoms with E-state index in [1.165, 1.54) is 37.0 Å². The van der Waals surface area contributed by atoms with Crippen LogP contribution in [0.4, 0.5) is 0 Å². The summed E-state index contributed by atoms with van der Waals surface area (Å²) in [6, 6.07) is 0.648. The van der Waals surface area contributed by atoms with E-state index in [1.54, 1.807) is 0 Å². The third-order valence-electron chi connectivity index (χ3n) is 8.14. The minimum Gasteiger partial charge on any atom is -0.385 e. The van der Waals surface area contributed by atoms with Crippen molar-refractivity contribution in [3.8, 4) is 0 Å². The molecule has 0 saturated heterocycles. The van der Waals surface area contributed by atoms with E-state index in [2.05, 4.69) is 38.4 Å². The van der Waals surface area contributed by atoms with Crippen LogP contribution in [-0.2, 0) is 0 Å². The van der Waals surface area contributed by atoms with E-state index in [0.717, 1.165) is 12.3 Å². The number of aliphatic hydroxyl groups is 1. The Morgan fingerprint density at radius 3 is 2.71 bits per heavy atom. The third kappa shape index (κ3) is 2.07. The van der Waals surface area contributed by atoms with E-state index >= 15 is 0 Å². The van der Waals surface area contributed by atoms with Crippen molar-refractivity contribution in [3.05, 3.63) is 23.8 Å². The van der Waals surface area contributed by atoms with Gasteiger partial charge in [0.15, 0.2) is 0 Å². The maximum Gasteiger partial charge on any atom is 0.0905 e. The van der Waals surface area contributed by atoms with Gasteiger partial charge in [-0.15, -0.1) is 0 Å². The van der Waals surface area contributed by atoms with Crippen molar-refractivity contribution in [2.24, 2.45) is 33.6 Å². The van der Waals surface area contributed by atoms with Crippen LogP contribution in [0.3, 0.4) is 0 Å². The van der Waals surface area contributed by atoms with E-state index in [0.29, 0.717) is 23.3 Å². The lowest BCUT2D eigenvalue weighted by Gasteiger charge is -2.57. The average molecular weight is 329 g/mol. The Bertz CT molecular complexity index is 621. The molecule has 0 aromatic rings. The van der Waals surface area contributed by atoms with Crippen LogP contribution in [0.2, 0.25) is 0 Å². The van der Waals surface area contributed by atoms with Crippen molar-refractivity contribution < 1.29 is 5.11 Å². The monoisotopic (exact) mass is 328 g/mol. The second-order valence-electron chi connectivity index (χ2n) is 8.92. The van der Waals surface area contributed by atoms with Crippen molar-refractivity contribution in [3.63, 3.8) is 0 Å². The van der Waals surface area contributed by atoms with Crippen LogP contribution in [-0.4, -0.2) is 37.1 Å². The Labute approximate surface area is 146 Å². The quantitative estimate of drug-likeness (QED) is 0.725. The van der Waals surface area contributed by atoms with E-state index in [-0.39, 0.29) is 5.41 Å². The summed E-state index contributed by atoms with van der Waals surface area (Å²) in [7, 11) is 4.11. The highest BCUT2D eigenvalue weighted by Crippen LogP contribution is 2.63. The number of nitrogens with zero attached hydrogens (tertiary/aromatic N) is 1. The molecule has 132 valence electrons. The van der Waals surface area contributed by atoms with Gasteiger partial charge in [0.25, 0.3) is 0 Å². The molecule has 7 atom stereocenters. The first-order valence-electron chi connectivity index (χ1n) is 9.65. The summed E-state index contributed by atoms with van der Waals surface area (Å²) >= 11 is 0. The van der Waals surface area contributed by atoms with Crippen LogP contribution in [0.25, 0.3) is 0 Å². The van der Waals surface area contributed by atoms with Gasteiger partial charge in [-0.3, -0.25) is 4.99 Å². The topological polar surface area (TPSA) is 44.6 Å². The van der Waals surface area contributed by atoms with Gasteiger partial charge in [0.2, 0.25) is 0 Å². The predicted octanol–water partition coefficient (Wildman–Crippen LogP) is 3.35. The van der Waals surface area contributed by atoms with Gasteiger partial charge in [0.1, 0.15) is 0 Å². The summed E-state index contributed by atoms with van der Waals surface area (Å²) in [5.41, 5.74) is 3.29. The van der Waals surface area contributed by atoms with Gasteiger partial charge >= 0.3 is 0 Å². The summed E-state index contributed by atoms with van der Waals surface area (Å²) < 4.78 is 0. The number of allylic oxidation sites excluding steroid dienone is 2. The van der Waals surface area contributed by atoms with Crippen LogP contribution in [0.5, 0.6) is 0 Å². The summed E-state index contributed by atoms with van der Waals surface area (Å²) in [6.45, 7) is 4.92. The van der Waals surface area contributed by atoms with Gasteiger partial charge in [-0.1, -0.05) is 37.6 Å². The van der Waals surface area contributed by atoms with Gasteiger partial charge in [0, 0.05) is 36.6 Å². The van der Waals surface area contributed by atoms with Gasteiger partial charge in [0.05, 0.1) is 6.10 Å². The third-order valence-corrected chi connectivity index (χ3v) is 8.14. The van der Waals surface area contributed by atoms with Crippen LogP contribution in [0.15, 0.2) is 28.8 Å². The standard InChI is InChI=1S/C21H32N2O/c1-20-9-7-14(24)11-13(20)12-17(22-3)19-15-5-6-18(23-4)21(15,2)10-8-16(19)20/h7,9,11,14-16,18-19,23-24H,5-6,8,10,12H2,1-4H3/t14?,15-,16+,18?,19-,20-,21-/m0/s1. The molecule has 0 bridgehead atoms. The maximum atomic E-state index is 10.1. The molecule has 3 nitrogen and oxygen atoms in total. The molecule has 0 spiro atoms. The zero-order chi connectivity index (χ0) is 17.1. The number of fused-ring (bicyclic) bond motifs is 5. The molecular formula is C21H32N2O. The maximum absolute atomic E-state index is 10.1. The molecular weight excluding hydrogens is 296 g/mol. The first-order chi connectivity index (χ1) is 11.4. The fraction of sp³-hybridized carbons (Fsp3) is 0.762. The van der Waals surface area contributed by atoms with E-state index in [4.69, 9.17) is 4.99 Å². The summed E-state index contributed by atoms with van der Waals surface area (Å²) in [5.74, 6) is 1.98. The van der Waals surface area contributed by atoms with E-state index in [1.807, 2.05) is 13.1 Å². The second-order valence-corrected chi connectivity index (χ2v) is 8.92. The molecule has 0 aliphatic heterocycles. The SMILES string of the molecule is CN=C1CC2=CC(O)C=C[C@]2(C)[C@@H]2CC[C@]3(C)C(NC)CC[C@H]3[C@H]12. The molecule has 4 rings (SSSR count). The number of rotatable bonds is 1. The number of hydrogen-bond donors (Lipinski definition) is 2. The van der Waals surface area contributed by atoms with Gasteiger partial charge in [-0.05, 0) is 50.0 Å². The lowest BCUT2D eigenvalue weighted by molar-refractivity contribution is 0.0174. The minimum absolute atomic E-state index is 0.108. The Kier molecular flexibility index (Phi) is 3.81. The fourth-order valence-corrected chi connectivity index (χ4v) is 6.75. The molecule has 4 aliphatic carbocycles. The van der Waals surface area contributed by atoms with Gasteiger partial charge < -0.3 is 10.4 Å². The lowest BCUT2D eigenvalue weighted by atomic mass is 9.47. The molecule has 4 aliphatic rings. The first-order valence-corrected chi connectivity index (χ1v) is 9.65. The van der Waals surface area contributed by atoms with Crippen LogP contribution >= 0.6 is 0 Å². The molecule has 0 aromatic carbocycles. The van der Waals surface area contributed by atoms with Crippen LogP contribution in [0.1, 0.15) is 46.0 Å². The second kappa shape index (κ2) is 5.54. The molecule has 0 radical (unpaired) electrons. The Morgan fingerprint density at radius 1 is 1.21 bits per heavy atom. The van der Waals surface area contributed by atoms with Crippen LogP contribution < -0.4 is 5.32 Å². The van der Waals surface area contributed by atoms with Crippen molar-refractivity contribution in [2.75, 3.05) is 14.1 Å². The molecule has 0 aromatic heterocycles. The minimum atomic E-state index is -0.420. The van der Waals surface area contributed by atoms with Crippen molar-refractivity contribution in [2.45, 2.75) is 58.1 Å². The summed E-state index contributed by atoms with van der Waals surface area (Å²) in [6.07, 6.45) is 12.1. The molecule has 2 N–H and O–H groups in total. The van der Waals surface area contributed by atoms with E-state index < -0.39 is 6.10 Å². The zero-order valence-electron chi connectivity index (χ0n) is 15.5. The fourth-order valence-electron chi connectivity index (χ4n) is 6.75. The van der Waals surface area contributed by atoms with Crippen molar-refractivity contribution in [1.82, 2.24) is 5.32 Å². The van der Waals surface area contributed by atoms with Crippen molar-refractivity contribution in [1.29, 1.82) is 0 Å². The summed E-state index contributed by atoms with van der Waals surface area (Å²) in [5, 5.41) is 13.7. The Morgan fingerprint density at radius 2 is 2.00 bits per heavy atom. The molecule has 3 fully saturated rings. The van der Waals surface area contributed by atoms with Gasteiger partial charge in [-0.2, -0.15) is 0 Å². The molecule has 0 amide bonds. The molecule has 2 unspecified atom stereocenters. The predicted molar refractivity (Wildman–Crippen MR) is 99.2 cm³/mol. The van der Waals surface area contributed by atoms with Crippen molar-refractivity contribution >= 4 is 5.71 Å². The number of hydrogen-bond acceptors (Lipinski definition) is 3. The van der Waals surface area contributed by atoms with Crippen LogP contribution in [0, 0.1) is 28.6 Å². The smallest absolute Gasteiger partial charge is 0.0905 e. The highest BCUT2D eigenvalue weighted by Gasteiger charge is 2.59. The van der Waals surface area contributed by atoms with Gasteiger partial charge in [-0.25, -0.2) is 0 Å². The lowest BCUT2D eigenvalue weighted by Crippen LogP contribution is -2.55. The number of aliphatic imine (C=N–C) groups is 1. The first kappa shape index (κ1) is 16.5. The molecule has 3 saturated carbocycles. The van der Waals surface area contributed by atoms with E-state index in [9.17, 15) is 5.11 Å². The average Bonchev–Trinajstić information content (AvgIpc) is 2.91. The Balaban J connectivity index is 1.76. The number of nitrogens with one attached hydrogen (secondary N) is 1. The molecule has 24 heavy (non-hydrogen) atoms. The molecule has 3 heteroatoms. The Hall–Kier alpha value is -0.930. The summed E-state index contributed by atoms with van der Waals surface area (Å²) in [4.78, 5) is 4.77. The zero-order valence-corrected chi connectivity index (χ0v) is 15.5.